The van der Waals surface area contributed by atoms with E-state index in [1.165, 1.54) is 36.4 Å². The molecule has 3 rings (SSSR count). The number of furan rings is 1. The zero-order valence-corrected chi connectivity index (χ0v) is 13.1. The van der Waals surface area contributed by atoms with E-state index >= 15 is 0 Å². The number of rotatable bonds is 4. The Balaban J connectivity index is 1.87. The maximum Gasteiger partial charge on any atom is 0.295 e. The van der Waals surface area contributed by atoms with Crippen molar-refractivity contribution >= 4 is 27.3 Å². The normalized spacial score (nSPS) is 11.3. The van der Waals surface area contributed by atoms with Gasteiger partial charge in [0.1, 0.15) is 5.69 Å². The first-order valence-corrected chi connectivity index (χ1v) is 8.24. The second kappa shape index (κ2) is 5.90. The summed E-state index contributed by atoms with van der Waals surface area (Å²) in [5.74, 6) is 0.220. The van der Waals surface area contributed by atoms with E-state index in [9.17, 15) is 13.2 Å². The molecule has 2 heterocycles. The van der Waals surface area contributed by atoms with Crippen LogP contribution in [0.3, 0.4) is 0 Å². The van der Waals surface area contributed by atoms with Gasteiger partial charge < -0.3 is 4.42 Å². The number of hydrogen-bond acceptors (Lipinski definition) is 5. The molecular weight excluding hydrogens is 342 g/mol. The van der Waals surface area contributed by atoms with Crippen LogP contribution < -0.4 is 10.3 Å². The molecule has 3 aromatic rings. The van der Waals surface area contributed by atoms with Crippen LogP contribution in [0.2, 0.25) is 5.02 Å². The van der Waals surface area contributed by atoms with E-state index in [1.54, 1.807) is 12.1 Å². The number of anilines is 1. The third-order valence-corrected chi connectivity index (χ3v) is 4.38. The first-order valence-electron chi connectivity index (χ1n) is 6.38. The lowest BCUT2D eigenvalue weighted by molar-refractivity contribution is 0.461. The second-order valence-electron chi connectivity index (χ2n) is 4.54. The van der Waals surface area contributed by atoms with Crippen LogP contribution in [0.4, 0.5) is 5.69 Å². The quantitative estimate of drug-likeness (QED) is 0.751. The average molecular weight is 352 g/mol. The van der Waals surface area contributed by atoms with Crippen LogP contribution in [-0.2, 0) is 10.0 Å². The summed E-state index contributed by atoms with van der Waals surface area (Å²) < 4.78 is 32.2. The molecule has 0 unspecified atom stereocenters. The molecule has 0 fully saturated rings. The number of aromatic nitrogens is 2. The second-order valence-corrected chi connectivity index (χ2v) is 6.59. The van der Waals surface area contributed by atoms with Gasteiger partial charge in [-0.15, -0.1) is 0 Å². The third-order valence-electron chi connectivity index (χ3n) is 2.87. The van der Waals surface area contributed by atoms with Crippen molar-refractivity contribution in [2.75, 3.05) is 4.72 Å². The smallest absolute Gasteiger partial charge is 0.295 e. The molecule has 23 heavy (non-hydrogen) atoms. The summed E-state index contributed by atoms with van der Waals surface area (Å²) >= 11 is 5.75. The van der Waals surface area contributed by atoms with Gasteiger partial charge in [-0.3, -0.25) is 9.52 Å². The van der Waals surface area contributed by atoms with Crippen LogP contribution in [0.25, 0.3) is 11.5 Å². The van der Waals surface area contributed by atoms with E-state index in [0.717, 1.165) is 0 Å². The molecular formula is C14H10ClN3O4S. The summed E-state index contributed by atoms with van der Waals surface area (Å²) in [6.07, 6.45) is 0. The lowest BCUT2D eigenvalue weighted by atomic mass is 10.3. The van der Waals surface area contributed by atoms with Gasteiger partial charge in [-0.25, -0.2) is 5.10 Å². The molecule has 0 aliphatic carbocycles. The number of nitrogens with one attached hydrogen (secondary N) is 2. The molecule has 0 bridgehead atoms. The molecule has 2 aromatic heterocycles. The summed E-state index contributed by atoms with van der Waals surface area (Å²) in [7, 11) is -3.88. The highest BCUT2D eigenvalue weighted by atomic mass is 35.5. The first-order chi connectivity index (χ1) is 10.9. The Morgan fingerprint density at radius 2 is 1.78 bits per heavy atom. The molecule has 0 saturated carbocycles. The van der Waals surface area contributed by atoms with Crippen LogP contribution in [0, 0.1) is 0 Å². The number of halogens is 1. The molecule has 0 radical (unpaired) electrons. The van der Waals surface area contributed by atoms with Crippen LogP contribution in [0.15, 0.2) is 62.8 Å². The zero-order chi connectivity index (χ0) is 16.4. The van der Waals surface area contributed by atoms with Crippen molar-refractivity contribution in [1.82, 2.24) is 10.2 Å². The van der Waals surface area contributed by atoms with Gasteiger partial charge in [-0.1, -0.05) is 11.6 Å². The van der Waals surface area contributed by atoms with Crippen molar-refractivity contribution in [2.24, 2.45) is 0 Å². The standard InChI is InChI=1S/C14H10ClN3O4S/c15-9-1-3-10(4-2-9)18-23(20,21)14-8-6-12(22-14)11-5-7-13(19)17-16-11/h1-8,18H,(H,17,19). The highest BCUT2D eigenvalue weighted by Gasteiger charge is 2.20. The number of H-pyrrole nitrogens is 1. The van der Waals surface area contributed by atoms with Gasteiger partial charge in [-0.2, -0.15) is 13.5 Å². The zero-order valence-electron chi connectivity index (χ0n) is 11.5. The molecule has 0 amide bonds. The molecule has 7 nitrogen and oxygen atoms in total. The van der Waals surface area contributed by atoms with Crippen molar-refractivity contribution < 1.29 is 12.8 Å². The highest BCUT2D eigenvalue weighted by Crippen LogP contribution is 2.24. The molecule has 0 spiro atoms. The van der Waals surface area contributed by atoms with Crippen molar-refractivity contribution in [1.29, 1.82) is 0 Å². The summed E-state index contributed by atoms with van der Waals surface area (Å²) in [5.41, 5.74) is 0.310. The average Bonchev–Trinajstić information content (AvgIpc) is 3.01. The van der Waals surface area contributed by atoms with Crippen LogP contribution in [0.5, 0.6) is 0 Å². The lowest BCUT2D eigenvalue weighted by Crippen LogP contribution is -2.11. The predicted molar refractivity (Wildman–Crippen MR) is 84.8 cm³/mol. The minimum absolute atomic E-state index is 0.220. The van der Waals surface area contributed by atoms with Gasteiger partial charge >= 0.3 is 0 Å². The van der Waals surface area contributed by atoms with Gasteiger partial charge in [0.15, 0.2) is 5.76 Å². The van der Waals surface area contributed by atoms with E-state index in [2.05, 4.69) is 14.9 Å². The molecule has 0 aliphatic heterocycles. The first kappa shape index (κ1) is 15.3. The SMILES string of the molecule is O=c1ccc(-c2ccc(S(=O)(=O)Nc3ccc(Cl)cc3)o2)n[nH]1. The maximum absolute atomic E-state index is 12.3. The molecule has 1 aromatic carbocycles. The minimum atomic E-state index is -3.88. The van der Waals surface area contributed by atoms with Crippen molar-refractivity contribution in [3.05, 3.63) is 63.9 Å². The van der Waals surface area contributed by atoms with Gasteiger partial charge in [-0.05, 0) is 42.5 Å². The van der Waals surface area contributed by atoms with Crippen LogP contribution in [0.1, 0.15) is 0 Å². The Morgan fingerprint density at radius 1 is 1.04 bits per heavy atom. The summed E-state index contributed by atoms with van der Waals surface area (Å²) in [5, 5.41) is 6.25. The Morgan fingerprint density at radius 3 is 2.43 bits per heavy atom. The Kier molecular flexibility index (Phi) is 3.93. The number of benzene rings is 1. The monoisotopic (exact) mass is 351 g/mol. The Hall–Kier alpha value is -2.58. The van der Waals surface area contributed by atoms with Crippen LogP contribution in [-0.4, -0.2) is 18.6 Å². The van der Waals surface area contributed by atoms with Crippen molar-refractivity contribution in [3.63, 3.8) is 0 Å². The van der Waals surface area contributed by atoms with E-state index in [0.29, 0.717) is 16.4 Å². The van der Waals surface area contributed by atoms with Crippen molar-refractivity contribution in [2.45, 2.75) is 5.09 Å². The van der Waals surface area contributed by atoms with E-state index < -0.39 is 10.0 Å². The predicted octanol–water partition coefficient (Wildman–Crippen LogP) is 2.48. The number of aromatic amines is 1. The van der Waals surface area contributed by atoms with Gasteiger partial charge in [0, 0.05) is 16.8 Å². The lowest BCUT2D eigenvalue weighted by Gasteiger charge is -2.05. The summed E-state index contributed by atoms with van der Waals surface area (Å²) in [4.78, 5) is 11.0. The molecule has 0 atom stereocenters. The number of hydrogen-bond donors (Lipinski definition) is 2. The third kappa shape index (κ3) is 3.43. The largest absolute Gasteiger partial charge is 0.441 e. The molecule has 0 saturated heterocycles. The molecule has 9 heteroatoms. The minimum Gasteiger partial charge on any atom is -0.441 e. The fourth-order valence-corrected chi connectivity index (χ4v) is 2.93. The van der Waals surface area contributed by atoms with Gasteiger partial charge in [0.2, 0.25) is 5.09 Å². The Bertz CT molecular complexity index is 973. The fourth-order valence-electron chi connectivity index (χ4n) is 1.81. The summed E-state index contributed by atoms with van der Waals surface area (Å²) in [6, 6.07) is 11.7. The van der Waals surface area contributed by atoms with Crippen LogP contribution >= 0.6 is 11.6 Å². The fraction of sp³-hybridized carbons (Fsp3) is 0. The van der Waals surface area contributed by atoms with E-state index in [-0.39, 0.29) is 16.4 Å². The molecule has 2 N–H and O–H groups in total. The Labute approximate surface area is 136 Å². The van der Waals surface area contributed by atoms with Crippen molar-refractivity contribution in [3.8, 4) is 11.5 Å². The topological polar surface area (TPSA) is 105 Å². The van der Waals surface area contributed by atoms with Gasteiger partial charge in [0.05, 0.1) is 0 Å². The number of sulfonamides is 1. The van der Waals surface area contributed by atoms with E-state index in [4.69, 9.17) is 16.0 Å². The molecule has 0 aliphatic rings. The molecule has 118 valence electrons. The van der Waals surface area contributed by atoms with E-state index in [1.807, 2.05) is 0 Å². The maximum atomic E-state index is 12.3. The number of nitrogens with zero attached hydrogens (tertiary/aromatic N) is 1. The highest BCUT2D eigenvalue weighted by molar-refractivity contribution is 7.92. The van der Waals surface area contributed by atoms with Gasteiger partial charge in [0.25, 0.3) is 15.6 Å². The summed E-state index contributed by atoms with van der Waals surface area (Å²) in [6.45, 7) is 0.